The lowest BCUT2D eigenvalue weighted by Gasteiger charge is -2.46. The second-order valence-electron chi connectivity index (χ2n) is 12.7. The van der Waals surface area contributed by atoms with Gasteiger partial charge >= 0.3 is 0 Å². The van der Waals surface area contributed by atoms with Gasteiger partial charge in [-0.3, -0.25) is 9.69 Å². The minimum atomic E-state index is -0.390. The Morgan fingerprint density at radius 2 is 1.68 bits per heavy atom. The molecular formula is C32H42N4O2. The maximum absolute atomic E-state index is 12.9. The molecule has 3 aliphatic rings. The lowest BCUT2D eigenvalue weighted by atomic mass is 9.84. The highest BCUT2D eigenvalue weighted by Crippen LogP contribution is 2.44. The molecule has 0 radical (unpaired) electrons. The first-order valence-electron chi connectivity index (χ1n) is 14.4. The van der Waals surface area contributed by atoms with Crippen LogP contribution in [0.3, 0.4) is 0 Å². The number of aromatic nitrogens is 2. The van der Waals surface area contributed by atoms with Crippen LogP contribution in [0.25, 0.3) is 11.0 Å². The van der Waals surface area contributed by atoms with Crippen LogP contribution in [0.1, 0.15) is 76.7 Å². The molecule has 0 spiro atoms. The van der Waals surface area contributed by atoms with E-state index in [0.29, 0.717) is 24.9 Å². The van der Waals surface area contributed by atoms with Gasteiger partial charge in [0.15, 0.2) is 0 Å². The number of hydrogen-bond acceptors (Lipinski definition) is 4. The number of rotatable bonds is 5. The van der Waals surface area contributed by atoms with E-state index in [9.17, 15) is 4.79 Å². The van der Waals surface area contributed by atoms with Crippen LogP contribution in [0.15, 0.2) is 54.6 Å². The van der Waals surface area contributed by atoms with Gasteiger partial charge < -0.3 is 14.2 Å². The number of ether oxygens (including phenoxy) is 1. The van der Waals surface area contributed by atoms with E-state index in [1.54, 1.807) is 0 Å². The summed E-state index contributed by atoms with van der Waals surface area (Å²) in [7, 11) is 0. The van der Waals surface area contributed by atoms with Crippen molar-refractivity contribution in [3.8, 4) is 0 Å². The normalized spacial score (nSPS) is 28.2. The van der Waals surface area contributed by atoms with E-state index in [0.717, 1.165) is 37.3 Å². The zero-order valence-corrected chi connectivity index (χ0v) is 23.4. The zero-order valence-electron chi connectivity index (χ0n) is 23.4. The van der Waals surface area contributed by atoms with Crippen LogP contribution >= 0.6 is 0 Å². The molecule has 6 heteroatoms. The molecule has 0 N–H and O–H groups in total. The molecule has 3 atom stereocenters. The molecule has 2 bridgehead atoms. The van der Waals surface area contributed by atoms with Gasteiger partial charge in [-0.1, -0.05) is 63.2 Å². The summed E-state index contributed by atoms with van der Waals surface area (Å²) >= 11 is 0. The summed E-state index contributed by atoms with van der Waals surface area (Å²) in [6.07, 6.45) is 6.72. The molecule has 3 fully saturated rings. The molecule has 3 aromatic rings. The maximum Gasteiger partial charge on any atom is 0.229 e. The molecule has 3 unspecified atom stereocenters. The topological polar surface area (TPSA) is 50.6 Å². The van der Waals surface area contributed by atoms with Crippen molar-refractivity contribution in [1.29, 1.82) is 0 Å². The predicted molar refractivity (Wildman–Crippen MR) is 151 cm³/mol. The van der Waals surface area contributed by atoms with Gasteiger partial charge in [0.25, 0.3) is 0 Å². The largest absolute Gasteiger partial charge is 0.350 e. The van der Waals surface area contributed by atoms with Crippen LogP contribution in [0.5, 0.6) is 0 Å². The van der Waals surface area contributed by atoms with Gasteiger partial charge in [0.2, 0.25) is 5.91 Å². The number of aryl methyl sites for hydroxylation is 1. The number of carbonyl (C=O) groups is 1. The monoisotopic (exact) mass is 514 g/mol. The molecule has 6 rings (SSSR count). The average Bonchev–Trinajstić information content (AvgIpc) is 3.38. The van der Waals surface area contributed by atoms with E-state index >= 15 is 0 Å². The van der Waals surface area contributed by atoms with Crippen molar-refractivity contribution >= 4 is 16.9 Å². The van der Waals surface area contributed by atoms with Crippen molar-refractivity contribution in [1.82, 2.24) is 19.4 Å². The molecule has 1 amide bonds. The highest BCUT2D eigenvalue weighted by Gasteiger charge is 2.45. The van der Waals surface area contributed by atoms with Gasteiger partial charge in [0, 0.05) is 36.6 Å². The smallest absolute Gasteiger partial charge is 0.229 e. The van der Waals surface area contributed by atoms with Crippen molar-refractivity contribution in [3.63, 3.8) is 0 Å². The second-order valence-corrected chi connectivity index (χ2v) is 12.7. The quantitative estimate of drug-likeness (QED) is 0.416. The Bertz CT molecular complexity index is 1270. The highest BCUT2D eigenvalue weighted by atomic mass is 16.5. The number of carbonyl (C=O) groups excluding carboxylic acids is 1. The number of para-hydroxylation sites is 2. The molecule has 2 aromatic carbocycles. The Hall–Kier alpha value is -2.70. The van der Waals surface area contributed by atoms with E-state index in [1.807, 2.05) is 25.7 Å². The SMILES string of the molecule is Cc1nc2ccccc2n1C1CC2CCC(C1)N2CCC1(c2ccccc2)CCN(C(=O)C(C)(C)C)CO1. The van der Waals surface area contributed by atoms with Crippen LogP contribution in [-0.2, 0) is 15.1 Å². The van der Waals surface area contributed by atoms with E-state index < -0.39 is 5.41 Å². The fourth-order valence-corrected chi connectivity index (χ4v) is 7.36. The predicted octanol–water partition coefficient (Wildman–Crippen LogP) is 6.05. The minimum absolute atomic E-state index is 0.168. The fourth-order valence-electron chi connectivity index (χ4n) is 7.36. The fraction of sp³-hybridized carbons (Fsp3) is 0.562. The maximum atomic E-state index is 12.9. The number of nitrogens with zero attached hydrogens (tertiary/aromatic N) is 4. The molecule has 0 saturated carbocycles. The number of hydrogen-bond donors (Lipinski definition) is 0. The Kier molecular flexibility index (Phi) is 6.59. The van der Waals surface area contributed by atoms with Gasteiger partial charge in [-0.2, -0.15) is 0 Å². The summed E-state index contributed by atoms with van der Waals surface area (Å²) in [5, 5.41) is 0. The van der Waals surface area contributed by atoms with E-state index in [4.69, 9.17) is 9.72 Å². The number of piperidine rings is 1. The summed E-state index contributed by atoms with van der Waals surface area (Å²) in [6, 6.07) is 21.0. The van der Waals surface area contributed by atoms with Crippen molar-refractivity contribution in [3.05, 3.63) is 66.0 Å². The Balaban J connectivity index is 1.17. The minimum Gasteiger partial charge on any atom is -0.350 e. The van der Waals surface area contributed by atoms with Crippen LogP contribution in [-0.4, -0.2) is 57.2 Å². The molecule has 4 heterocycles. The van der Waals surface area contributed by atoms with Gasteiger partial charge in [-0.15, -0.1) is 0 Å². The number of fused-ring (bicyclic) bond motifs is 3. The summed E-state index contributed by atoms with van der Waals surface area (Å²) in [4.78, 5) is 22.5. The summed E-state index contributed by atoms with van der Waals surface area (Å²) < 4.78 is 9.18. The van der Waals surface area contributed by atoms with Crippen molar-refractivity contribution in [2.24, 2.45) is 5.41 Å². The van der Waals surface area contributed by atoms with E-state index in [2.05, 4.69) is 71.0 Å². The third-order valence-electron chi connectivity index (χ3n) is 9.28. The molecule has 1 aromatic heterocycles. The van der Waals surface area contributed by atoms with Crippen LogP contribution in [0.4, 0.5) is 0 Å². The summed E-state index contributed by atoms with van der Waals surface area (Å²) in [6.45, 7) is 10.3. The Labute approximate surface area is 227 Å². The van der Waals surface area contributed by atoms with E-state index in [-0.39, 0.29) is 11.5 Å². The standard InChI is InChI=1S/C32H42N4O2/c1-23-33-28-12-8-9-13-29(28)36(23)27-20-25-14-15-26(21-27)35(25)19-17-32(24-10-6-5-7-11-24)16-18-34(22-38-32)30(37)31(2,3)4/h5-13,25-27H,14-22H2,1-4H3. The van der Waals surface area contributed by atoms with Gasteiger partial charge in [-0.05, 0) is 63.1 Å². The van der Waals surface area contributed by atoms with Crippen LogP contribution in [0.2, 0.25) is 0 Å². The Morgan fingerprint density at radius 3 is 2.34 bits per heavy atom. The molecule has 202 valence electrons. The molecular weight excluding hydrogens is 472 g/mol. The third-order valence-corrected chi connectivity index (χ3v) is 9.28. The number of imidazole rings is 1. The molecule has 3 saturated heterocycles. The molecule has 0 aliphatic carbocycles. The third kappa shape index (κ3) is 4.56. The average molecular weight is 515 g/mol. The number of benzene rings is 2. The van der Waals surface area contributed by atoms with Crippen molar-refractivity contribution in [2.45, 2.75) is 89.9 Å². The molecule has 6 nitrogen and oxygen atoms in total. The Morgan fingerprint density at radius 1 is 1.00 bits per heavy atom. The first-order valence-corrected chi connectivity index (χ1v) is 14.4. The highest BCUT2D eigenvalue weighted by molar-refractivity contribution is 5.81. The first kappa shape index (κ1) is 25.6. The lowest BCUT2D eigenvalue weighted by molar-refractivity contribution is -0.176. The van der Waals surface area contributed by atoms with Gasteiger partial charge in [0.05, 0.1) is 16.6 Å². The summed E-state index contributed by atoms with van der Waals surface area (Å²) in [5.74, 6) is 1.30. The van der Waals surface area contributed by atoms with Crippen molar-refractivity contribution in [2.75, 3.05) is 19.8 Å². The first-order chi connectivity index (χ1) is 18.2. The van der Waals surface area contributed by atoms with Crippen LogP contribution < -0.4 is 0 Å². The zero-order chi connectivity index (χ0) is 26.5. The summed E-state index contributed by atoms with van der Waals surface area (Å²) in [5.41, 5.74) is 2.89. The molecule has 38 heavy (non-hydrogen) atoms. The number of amides is 1. The van der Waals surface area contributed by atoms with Gasteiger partial charge in [0.1, 0.15) is 12.6 Å². The van der Waals surface area contributed by atoms with Gasteiger partial charge in [-0.25, -0.2) is 4.98 Å². The molecule has 3 aliphatic heterocycles. The van der Waals surface area contributed by atoms with Crippen LogP contribution in [0, 0.1) is 12.3 Å². The lowest BCUT2D eigenvalue weighted by Crippen LogP contribution is -2.52. The van der Waals surface area contributed by atoms with E-state index in [1.165, 1.54) is 36.8 Å². The van der Waals surface area contributed by atoms with Crippen molar-refractivity contribution < 1.29 is 9.53 Å². The second kappa shape index (κ2) is 9.80.